The van der Waals surface area contributed by atoms with Crippen LogP contribution in [-0.4, -0.2) is 11.2 Å². The van der Waals surface area contributed by atoms with Crippen LogP contribution < -0.4 is 0 Å². The number of rotatable bonds is 4. The molecular formula is C28H48O. The van der Waals surface area contributed by atoms with Crippen molar-refractivity contribution in [2.75, 3.05) is 0 Å². The van der Waals surface area contributed by atoms with E-state index in [1.165, 1.54) is 44.9 Å². The van der Waals surface area contributed by atoms with Gasteiger partial charge in [0.25, 0.3) is 0 Å². The molecule has 4 saturated carbocycles. The average molecular weight is 401 g/mol. The first kappa shape index (κ1) is 21.9. The third-order valence-corrected chi connectivity index (χ3v) is 11.1. The van der Waals surface area contributed by atoms with Crippen LogP contribution in [0.3, 0.4) is 0 Å². The smallest absolute Gasteiger partial charge is 0.0543 e. The maximum Gasteiger partial charge on any atom is 0.0543 e. The molecule has 0 amide bonds. The predicted octanol–water partition coefficient (Wildman–Crippen LogP) is 7.49. The van der Waals surface area contributed by atoms with Gasteiger partial charge in [0, 0.05) is 0 Å². The number of hydrogen-bond acceptors (Lipinski definition) is 1. The van der Waals surface area contributed by atoms with Gasteiger partial charge in [-0.25, -0.2) is 0 Å². The molecule has 1 heteroatoms. The minimum absolute atomic E-state index is 0.0183. The third-order valence-electron chi connectivity index (χ3n) is 11.1. The van der Waals surface area contributed by atoms with Crippen molar-refractivity contribution in [3.8, 4) is 0 Å². The van der Waals surface area contributed by atoms with E-state index in [1.54, 1.807) is 0 Å². The lowest BCUT2D eigenvalue weighted by molar-refractivity contribution is -0.128. The summed E-state index contributed by atoms with van der Waals surface area (Å²) in [6.07, 6.45) is 17.1. The fourth-order valence-electron chi connectivity index (χ4n) is 8.85. The third kappa shape index (κ3) is 3.66. The van der Waals surface area contributed by atoms with Gasteiger partial charge in [-0.05, 0) is 116 Å². The summed E-state index contributed by atoms with van der Waals surface area (Å²) >= 11 is 0. The van der Waals surface area contributed by atoms with Gasteiger partial charge in [-0.2, -0.15) is 0 Å². The van der Waals surface area contributed by atoms with Gasteiger partial charge in [-0.15, -0.1) is 0 Å². The summed E-state index contributed by atoms with van der Waals surface area (Å²) < 4.78 is 0. The van der Waals surface area contributed by atoms with Crippen molar-refractivity contribution >= 4 is 0 Å². The molecule has 4 rings (SSSR count). The molecule has 0 aromatic carbocycles. The van der Waals surface area contributed by atoms with Crippen LogP contribution in [0.15, 0.2) is 12.2 Å². The molecule has 1 nitrogen and oxygen atoms in total. The molecule has 0 aromatic heterocycles. The molecule has 0 aliphatic heterocycles. The van der Waals surface area contributed by atoms with Crippen molar-refractivity contribution in [3.63, 3.8) is 0 Å². The summed E-state index contributed by atoms with van der Waals surface area (Å²) in [6.45, 7) is 14.9. The lowest BCUT2D eigenvalue weighted by Gasteiger charge is -2.61. The number of fused-ring (bicyclic) bond motifs is 5. The summed E-state index contributed by atoms with van der Waals surface area (Å²) in [5.74, 6) is 6.66. The van der Waals surface area contributed by atoms with Crippen molar-refractivity contribution in [1.82, 2.24) is 0 Å². The summed E-state index contributed by atoms with van der Waals surface area (Å²) in [4.78, 5) is 0. The molecule has 0 saturated heterocycles. The van der Waals surface area contributed by atoms with E-state index in [4.69, 9.17) is 0 Å². The van der Waals surface area contributed by atoms with E-state index in [9.17, 15) is 5.11 Å². The first-order chi connectivity index (χ1) is 13.7. The van der Waals surface area contributed by atoms with Crippen LogP contribution in [0.4, 0.5) is 0 Å². The van der Waals surface area contributed by atoms with Gasteiger partial charge in [0.1, 0.15) is 0 Å². The SMILES string of the molecule is CC(C)[C@@H](C)/C=C/[C@@H](C)[C@H]1CCC2C3CCC4C[C@H](O)CCC4(C)C3CCC21C. The molecule has 4 aliphatic rings. The maximum atomic E-state index is 10.3. The molecule has 0 aromatic rings. The zero-order chi connectivity index (χ0) is 21.0. The van der Waals surface area contributed by atoms with Crippen LogP contribution >= 0.6 is 0 Å². The largest absolute Gasteiger partial charge is 0.393 e. The highest BCUT2D eigenvalue weighted by atomic mass is 16.3. The molecule has 4 aliphatic carbocycles. The highest BCUT2D eigenvalue weighted by molar-refractivity contribution is 5.11. The first-order valence-corrected chi connectivity index (χ1v) is 13.0. The van der Waals surface area contributed by atoms with E-state index in [2.05, 4.69) is 53.7 Å². The Morgan fingerprint density at radius 3 is 2.21 bits per heavy atom. The fraction of sp³-hybridized carbons (Fsp3) is 0.929. The average Bonchev–Trinajstić information content (AvgIpc) is 3.03. The summed E-state index contributed by atoms with van der Waals surface area (Å²) in [7, 11) is 0. The predicted molar refractivity (Wildman–Crippen MR) is 124 cm³/mol. The Hall–Kier alpha value is -0.300. The van der Waals surface area contributed by atoms with Gasteiger partial charge in [-0.1, -0.05) is 53.7 Å². The van der Waals surface area contributed by atoms with E-state index >= 15 is 0 Å². The lowest BCUT2D eigenvalue weighted by atomic mass is 9.44. The van der Waals surface area contributed by atoms with Crippen molar-refractivity contribution in [3.05, 3.63) is 12.2 Å². The van der Waals surface area contributed by atoms with Crippen LogP contribution in [0.2, 0.25) is 0 Å². The summed E-state index contributed by atoms with van der Waals surface area (Å²) in [5, 5.41) is 10.3. The topological polar surface area (TPSA) is 20.2 Å². The minimum Gasteiger partial charge on any atom is -0.393 e. The quantitative estimate of drug-likeness (QED) is 0.485. The molecule has 0 spiro atoms. The van der Waals surface area contributed by atoms with E-state index in [0.717, 1.165) is 54.3 Å². The number of hydrogen-bond donors (Lipinski definition) is 1. The maximum absolute atomic E-state index is 10.3. The Labute approximate surface area is 181 Å². The Kier molecular flexibility index (Phi) is 6.04. The molecule has 0 heterocycles. The van der Waals surface area contributed by atoms with Crippen LogP contribution in [0.25, 0.3) is 0 Å². The Morgan fingerprint density at radius 1 is 0.793 bits per heavy atom. The van der Waals surface area contributed by atoms with E-state index in [-0.39, 0.29) is 6.10 Å². The summed E-state index contributed by atoms with van der Waals surface area (Å²) in [5.41, 5.74) is 1.07. The summed E-state index contributed by atoms with van der Waals surface area (Å²) in [6, 6.07) is 0. The first-order valence-electron chi connectivity index (χ1n) is 13.0. The number of allylic oxidation sites excluding steroid dienone is 2. The van der Waals surface area contributed by atoms with E-state index in [1.807, 2.05) is 0 Å². The normalized spacial score (nSPS) is 49.5. The molecule has 29 heavy (non-hydrogen) atoms. The van der Waals surface area contributed by atoms with Crippen molar-refractivity contribution in [2.45, 2.75) is 105 Å². The molecule has 166 valence electrons. The van der Waals surface area contributed by atoms with E-state index in [0.29, 0.717) is 16.7 Å². The van der Waals surface area contributed by atoms with Gasteiger partial charge in [0.05, 0.1) is 6.10 Å². The molecular weight excluding hydrogens is 352 g/mol. The second kappa shape index (κ2) is 7.99. The minimum atomic E-state index is -0.0183. The standard InChI is InChI=1S/C28H48O/c1-18(2)19(3)7-8-20(4)24-11-12-25-23-10-9-21-17-22(29)13-15-27(21,5)26(23)14-16-28(24,25)6/h7-8,18-26,29H,9-17H2,1-6H3/b8-7+/t19-,20+,21?,22+,23?,24+,25?,26?,27?,28?/m0/s1. The van der Waals surface area contributed by atoms with Crippen molar-refractivity contribution in [1.29, 1.82) is 0 Å². The van der Waals surface area contributed by atoms with Gasteiger partial charge in [0.2, 0.25) is 0 Å². The zero-order valence-corrected chi connectivity index (χ0v) is 20.2. The molecule has 1 N–H and O–H groups in total. The van der Waals surface area contributed by atoms with Crippen LogP contribution in [0.5, 0.6) is 0 Å². The van der Waals surface area contributed by atoms with Gasteiger partial charge >= 0.3 is 0 Å². The fourth-order valence-corrected chi connectivity index (χ4v) is 8.85. The highest BCUT2D eigenvalue weighted by Gasteiger charge is 2.60. The molecule has 0 radical (unpaired) electrons. The van der Waals surface area contributed by atoms with Crippen molar-refractivity contribution < 1.29 is 5.11 Å². The Balaban J connectivity index is 1.50. The van der Waals surface area contributed by atoms with Crippen LogP contribution in [0, 0.1) is 58.2 Å². The van der Waals surface area contributed by atoms with Crippen LogP contribution in [0.1, 0.15) is 99.3 Å². The van der Waals surface area contributed by atoms with Gasteiger partial charge < -0.3 is 5.11 Å². The second-order valence-electron chi connectivity index (χ2n) is 12.7. The monoisotopic (exact) mass is 400 g/mol. The molecule has 0 bridgehead atoms. The Morgan fingerprint density at radius 2 is 1.48 bits per heavy atom. The number of aliphatic hydroxyl groups is 1. The van der Waals surface area contributed by atoms with Crippen molar-refractivity contribution in [2.24, 2.45) is 58.2 Å². The van der Waals surface area contributed by atoms with E-state index < -0.39 is 0 Å². The Bertz CT molecular complexity index is 607. The van der Waals surface area contributed by atoms with Gasteiger partial charge in [-0.3, -0.25) is 0 Å². The van der Waals surface area contributed by atoms with Crippen LogP contribution in [-0.2, 0) is 0 Å². The number of aliphatic hydroxyl groups excluding tert-OH is 1. The lowest BCUT2D eigenvalue weighted by Crippen LogP contribution is -2.54. The highest BCUT2D eigenvalue weighted by Crippen LogP contribution is 2.68. The second-order valence-corrected chi connectivity index (χ2v) is 12.7. The molecule has 10 atom stereocenters. The van der Waals surface area contributed by atoms with Gasteiger partial charge in [0.15, 0.2) is 0 Å². The molecule has 4 fully saturated rings. The zero-order valence-electron chi connectivity index (χ0n) is 20.2. The molecule has 6 unspecified atom stereocenters.